The van der Waals surface area contributed by atoms with Crippen molar-refractivity contribution in [2.45, 2.75) is 46.1 Å². The molecule has 0 bridgehead atoms. The van der Waals surface area contributed by atoms with E-state index < -0.39 is 0 Å². The lowest BCUT2D eigenvalue weighted by atomic mass is 9.92. The van der Waals surface area contributed by atoms with Crippen molar-refractivity contribution in [1.29, 1.82) is 0 Å². The van der Waals surface area contributed by atoms with Crippen molar-refractivity contribution < 1.29 is 14.0 Å². The topological polar surface area (TPSA) is 77.1 Å². The van der Waals surface area contributed by atoms with Crippen LogP contribution in [0.15, 0.2) is 16.8 Å². The number of hydrogen-bond acceptors (Lipinski definition) is 4. The van der Waals surface area contributed by atoms with E-state index in [1.165, 1.54) is 0 Å². The Kier molecular flexibility index (Phi) is 4.30. The number of nitrogens with one attached hydrogen (secondary N) is 1. The third-order valence-corrected chi connectivity index (χ3v) is 4.56. The molecule has 2 aromatic heterocycles. The Morgan fingerprint density at radius 1 is 1.38 bits per heavy atom. The predicted octanol–water partition coefficient (Wildman–Crippen LogP) is 2.97. The molecule has 6 heteroatoms. The smallest absolute Gasteiger partial charge is 0.256 e. The van der Waals surface area contributed by atoms with Gasteiger partial charge in [-0.2, -0.15) is 0 Å². The molecule has 0 fully saturated rings. The maximum absolute atomic E-state index is 12.9. The minimum Gasteiger partial charge on any atom is -0.465 e. The Bertz CT molecular complexity index is 786. The van der Waals surface area contributed by atoms with Crippen molar-refractivity contribution in [2.75, 3.05) is 0 Å². The minimum absolute atomic E-state index is 0.00339. The zero-order valence-corrected chi connectivity index (χ0v) is 14.5. The number of nitrogens with zero attached hydrogens (tertiary/aromatic N) is 2. The fraction of sp³-hybridized carbons (Fsp3) is 0.500. The first kappa shape index (κ1) is 16.5. The molecule has 0 aliphatic heterocycles. The highest BCUT2D eigenvalue weighted by molar-refractivity contribution is 6.10. The first-order valence-electron chi connectivity index (χ1n) is 8.33. The maximum Gasteiger partial charge on any atom is 0.256 e. The van der Waals surface area contributed by atoms with Gasteiger partial charge in [-0.1, -0.05) is 13.8 Å². The second-order valence-electron chi connectivity index (χ2n) is 6.70. The minimum atomic E-state index is -0.269. The number of carbonyl (C=O) groups excluding carboxylic acids is 2. The fourth-order valence-electron chi connectivity index (χ4n) is 3.30. The van der Waals surface area contributed by atoms with Crippen LogP contribution in [0.2, 0.25) is 0 Å². The van der Waals surface area contributed by atoms with E-state index in [1.54, 1.807) is 13.1 Å². The average molecular weight is 329 g/mol. The van der Waals surface area contributed by atoms with Gasteiger partial charge in [0.05, 0.1) is 17.2 Å². The Morgan fingerprint density at radius 2 is 2.12 bits per heavy atom. The summed E-state index contributed by atoms with van der Waals surface area (Å²) in [5.41, 5.74) is 0.855. The molecular weight excluding hydrogens is 306 g/mol. The summed E-state index contributed by atoms with van der Waals surface area (Å²) >= 11 is 0. The molecule has 0 spiro atoms. The van der Waals surface area contributed by atoms with Crippen LogP contribution in [-0.2, 0) is 13.5 Å². The molecule has 0 saturated heterocycles. The largest absolute Gasteiger partial charge is 0.465 e. The highest BCUT2D eigenvalue weighted by Crippen LogP contribution is 2.30. The Morgan fingerprint density at radius 3 is 2.75 bits per heavy atom. The zero-order valence-electron chi connectivity index (χ0n) is 14.5. The SMILES string of the molecule is Cc1oc2c(c1C(=O)N[C@H](c1nccn1C)C(C)C)C(=O)CCC2. The lowest BCUT2D eigenvalue weighted by molar-refractivity contribution is 0.0904. The van der Waals surface area contributed by atoms with Crippen molar-refractivity contribution >= 4 is 11.7 Å². The van der Waals surface area contributed by atoms with Crippen LogP contribution in [0.25, 0.3) is 0 Å². The van der Waals surface area contributed by atoms with E-state index >= 15 is 0 Å². The number of furan rings is 1. The van der Waals surface area contributed by atoms with Crippen LogP contribution >= 0.6 is 0 Å². The van der Waals surface area contributed by atoms with Gasteiger partial charge < -0.3 is 14.3 Å². The van der Waals surface area contributed by atoms with Crippen LogP contribution in [0, 0.1) is 12.8 Å². The average Bonchev–Trinajstić information content (AvgIpc) is 3.08. The van der Waals surface area contributed by atoms with Crippen molar-refractivity contribution in [3.8, 4) is 0 Å². The highest BCUT2D eigenvalue weighted by Gasteiger charge is 2.32. The molecule has 24 heavy (non-hydrogen) atoms. The van der Waals surface area contributed by atoms with Gasteiger partial charge in [-0.05, 0) is 19.3 Å². The van der Waals surface area contributed by atoms with E-state index in [1.807, 2.05) is 31.7 Å². The van der Waals surface area contributed by atoms with Gasteiger partial charge in [0.1, 0.15) is 17.3 Å². The summed E-state index contributed by atoms with van der Waals surface area (Å²) in [7, 11) is 1.90. The molecule has 0 saturated carbocycles. The summed E-state index contributed by atoms with van der Waals surface area (Å²) in [5.74, 6) is 1.83. The summed E-state index contributed by atoms with van der Waals surface area (Å²) in [4.78, 5) is 29.5. The van der Waals surface area contributed by atoms with Crippen molar-refractivity contribution in [2.24, 2.45) is 13.0 Å². The van der Waals surface area contributed by atoms with E-state index in [4.69, 9.17) is 4.42 Å². The molecule has 1 aliphatic carbocycles. The van der Waals surface area contributed by atoms with Crippen molar-refractivity contribution in [1.82, 2.24) is 14.9 Å². The number of aryl methyl sites for hydroxylation is 3. The number of carbonyl (C=O) groups is 2. The van der Waals surface area contributed by atoms with E-state index in [0.29, 0.717) is 35.5 Å². The van der Waals surface area contributed by atoms with Crippen LogP contribution in [0.1, 0.15) is 70.8 Å². The van der Waals surface area contributed by atoms with Crippen LogP contribution in [0.4, 0.5) is 0 Å². The summed E-state index contributed by atoms with van der Waals surface area (Å²) in [6, 6.07) is -0.235. The molecule has 6 nitrogen and oxygen atoms in total. The summed E-state index contributed by atoms with van der Waals surface area (Å²) < 4.78 is 7.58. The van der Waals surface area contributed by atoms with Gasteiger partial charge in [-0.3, -0.25) is 9.59 Å². The second kappa shape index (κ2) is 6.26. The predicted molar refractivity (Wildman–Crippen MR) is 89.0 cm³/mol. The first-order valence-corrected chi connectivity index (χ1v) is 8.33. The summed E-state index contributed by atoms with van der Waals surface area (Å²) in [6.07, 6.45) is 5.53. The molecule has 1 atom stereocenters. The standard InChI is InChI=1S/C18H23N3O3/c1-10(2)16(17-19-8-9-21(17)4)20-18(23)14-11(3)24-13-7-5-6-12(22)15(13)14/h8-10,16H,5-7H2,1-4H3,(H,20,23)/t16-/m0/s1. The normalized spacial score (nSPS) is 15.5. The highest BCUT2D eigenvalue weighted by atomic mass is 16.3. The lowest BCUT2D eigenvalue weighted by Crippen LogP contribution is -2.34. The monoisotopic (exact) mass is 329 g/mol. The van der Waals surface area contributed by atoms with Gasteiger partial charge in [0.25, 0.3) is 5.91 Å². The molecule has 1 aliphatic rings. The van der Waals surface area contributed by atoms with Gasteiger partial charge in [0, 0.05) is 32.3 Å². The number of aromatic nitrogens is 2. The number of amides is 1. The number of rotatable bonds is 4. The zero-order chi connectivity index (χ0) is 17.4. The third-order valence-electron chi connectivity index (χ3n) is 4.56. The third kappa shape index (κ3) is 2.77. The van der Waals surface area contributed by atoms with E-state index in [9.17, 15) is 9.59 Å². The van der Waals surface area contributed by atoms with Gasteiger partial charge >= 0.3 is 0 Å². The van der Waals surface area contributed by atoms with Crippen LogP contribution < -0.4 is 5.32 Å². The molecule has 1 N–H and O–H groups in total. The maximum atomic E-state index is 12.9. The van der Waals surface area contributed by atoms with Crippen LogP contribution in [0.3, 0.4) is 0 Å². The van der Waals surface area contributed by atoms with Crippen LogP contribution in [0.5, 0.6) is 0 Å². The molecule has 0 radical (unpaired) electrons. The Hall–Kier alpha value is -2.37. The number of fused-ring (bicyclic) bond motifs is 1. The molecule has 0 aromatic carbocycles. The molecule has 0 unspecified atom stereocenters. The summed E-state index contributed by atoms with van der Waals surface area (Å²) in [5, 5.41) is 3.04. The van der Waals surface area contributed by atoms with Gasteiger partial charge in [0.2, 0.25) is 0 Å². The Balaban J connectivity index is 1.94. The van der Waals surface area contributed by atoms with Crippen LogP contribution in [-0.4, -0.2) is 21.2 Å². The van der Waals surface area contributed by atoms with Gasteiger partial charge in [-0.25, -0.2) is 4.98 Å². The quantitative estimate of drug-likeness (QED) is 0.935. The van der Waals surface area contributed by atoms with E-state index in [2.05, 4.69) is 10.3 Å². The number of imidazole rings is 1. The number of hydrogen-bond donors (Lipinski definition) is 1. The molecule has 2 heterocycles. The second-order valence-corrected chi connectivity index (χ2v) is 6.70. The molecule has 3 rings (SSSR count). The molecule has 2 aromatic rings. The van der Waals surface area contributed by atoms with Gasteiger partial charge in [0.15, 0.2) is 5.78 Å². The molecule has 128 valence electrons. The first-order chi connectivity index (χ1) is 11.4. The van der Waals surface area contributed by atoms with Crippen molar-refractivity contribution in [3.63, 3.8) is 0 Å². The summed E-state index contributed by atoms with van der Waals surface area (Å²) in [6.45, 7) is 5.80. The number of ketones is 1. The molecule has 1 amide bonds. The fourth-order valence-corrected chi connectivity index (χ4v) is 3.30. The van der Waals surface area contributed by atoms with E-state index in [-0.39, 0.29) is 23.7 Å². The van der Waals surface area contributed by atoms with Crippen molar-refractivity contribution in [3.05, 3.63) is 40.9 Å². The lowest BCUT2D eigenvalue weighted by Gasteiger charge is -2.22. The number of Topliss-reactive ketones (excluding diaryl/α,β-unsaturated/α-hetero) is 1. The van der Waals surface area contributed by atoms with Gasteiger partial charge in [-0.15, -0.1) is 0 Å². The van der Waals surface area contributed by atoms with E-state index in [0.717, 1.165) is 12.2 Å². The molecular formula is C18H23N3O3. The Labute approximate surface area is 141 Å².